The zero-order valence-corrected chi connectivity index (χ0v) is 24.1. The molecule has 0 saturated heterocycles. The zero-order chi connectivity index (χ0) is 29.4. The first-order valence-electron chi connectivity index (χ1n) is 14.8. The lowest BCUT2D eigenvalue weighted by Gasteiger charge is -2.26. The third-order valence-electron chi connectivity index (χ3n) is 9.28. The van der Waals surface area contributed by atoms with Crippen LogP contribution in [0, 0.1) is 5.92 Å². The van der Waals surface area contributed by atoms with Crippen molar-refractivity contribution in [2.75, 3.05) is 6.61 Å². The van der Waals surface area contributed by atoms with Gasteiger partial charge >= 0.3 is 5.69 Å². The maximum atomic E-state index is 13.8. The van der Waals surface area contributed by atoms with Gasteiger partial charge in [0.25, 0.3) is 5.56 Å². The number of rotatable bonds is 8. The largest absolute Gasteiger partial charge is 0.394 e. The van der Waals surface area contributed by atoms with Crippen molar-refractivity contribution in [2.24, 2.45) is 20.0 Å². The van der Waals surface area contributed by atoms with Gasteiger partial charge in [0.1, 0.15) is 0 Å². The molecule has 7 heteroatoms. The number of fused-ring (bicyclic) bond motifs is 3. The second-order valence-corrected chi connectivity index (χ2v) is 11.7. The fourth-order valence-corrected chi connectivity index (χ4v) is 7.11. The molecule has 216 valence electrons. The molecule has 2 aliphatic rings. The van der Waals surface area contributed by atoms with E-state index in [4.69, 9.17) is 0 Å². The number of aromatic nitrogens is 2. The molecular weight excluding hydrogens is 526 g/mol. The average Bonchev–Trinajstić information content (AvgIpc) is 3.66. The molecule has 1 aromatic heterocycles. The van der Waals surface area contributed by atoms with Crippen molar-refractivity contribution in [1.29, 1.82) is 0 Å². The van der Waals surface area contributed by atoms with Crippen molar-refractivity contribution >= 4 is 5.91 Å². The van der Waals surface area contributed by atoms with E-state index >= 15 is 0 Å². The summed E-state index contributed by atoms with van der Waals surface area (Å²) in [5, 5.41) is 13.2. The molecule has 42 heavy (non-hydrogen) atoms. The van der Waals surface area contributed by atoms with Crippen molar-refractivity contribution in [3.63, 3.8) is 0 Å². The highest BCUT2D eigenvalue weighted by Gasteiger charge is 2.35. The summed E-state index contributed by atoms with van der Waals surface area (Å²) in [6.07, 6.45) is 4.88. The molecule has 2 unspecified atom stereocenters. The predicted molar refractivity (Wildman–Crippen MR) is 163 cm³/mol. The van der Waals surface area contributed by atoms with Crippen molar-refractivity contribution < 1.29 is 9.90 Å². The maximum Gasteiger partial charge on any atom is 0.330 e. The fraction of sp³-hybridized carbons (Fsp3) is 0.343. The van der Waals surface area contributed by atoms with Crippen LogP contribution in [0.3, 0.4) is 0 Å². The Bertz CT molecular complexity index is 1720. The summed E-state index contributed by atoms with van der Waals surface area (Å²) in [7, 11) is 3.27. The Hall–Kier alpha value is -4.23. The van der Waals surface area contributed by atoms with Gasteiger partial charge in [0.2, 0.25) is 5.91 Å². The highest BCUT2D eigenvalue weighted by Crippen LogP contribution is 2.44. The summed E-state index contributed by atoms with van der Waals surface area (Å²) >= 11 is 0. The van der Waals surface area contributed by atoms with Crippen molar-refractivity contribution in [3.8, 4) is 11.1 Å². The second kappa shape index (κ2) is 11.6. The van der Waals surface area contributed by atoms with Crippen LogP contribution in [-0.4, -0.2) is 26.8 Å². The zero-order valence-electron chi connectivity index (χ0n) is 24.1. The number of benzene rings is 3. The smallest absolute Gasteiger partial charge is 0.330 e. The first-order chi connectivity index (χ1) is 20.4. The first-order valence-corrected chi connectivity index (χ1v) is 14.8. The SMILES string of the molecule is Cn1c2c(c(=O)n(C)c1=O)-c1ccccc1C2Cc1ccc(C(C(=O)N[C@@H](CO)c2ccccc2)C2CCCC2)cc1. The van der Waals surface area contributed by atoms with Crippen molar-refractivity contribution in [3.05, 3.63) is 128 Å². The molecule has 1 heterocycles. The first kappa shape index (κ1) is 27.9. The van der Waals surface area contributed by atoms with Gasteiger partial charge < -0.3 is 10.4 Å². The lowest BCUT2D eigenvalue weighted by Crippen LogP contribution is -2.39. The molecule has 2 aliphatic carbocycles. The van der Waals surface area contributed by atoms with Gasteiger partial charge in [0.05, 0.1) is 24.1 Å². The molecule has 0 radical (unpaired) electrons. The molecule has 1 saturated carbocycles. The number of amides is 1. The minimum atomic E-state index is -0.455. The summed E-state index contributed by atoms with van der Waals surface area (Å²) in [4.78, 5) is 39.8. The number of carbonyl (C=O) groups is 1. The molecule has 1 fully saturated rings. The Kier molecular flexibility index (Phi) is 7.69. The van der Waals surface area contributed by atoms with E-state index in [9.17, 15) is 19.5 Å². The van der Waals surface area contributed by atoms with Gasteiger partial charge in [-0.3, -0.25) is 18.7 Å². The van der Waals surface area contributed by atoms with Crippen molar-refractivity contribution in [1.82, 2.24) is 14.5 Å². The van der Waals surface area contributed by atoms with Crippen LogP contribution < -0.4 is 16.6 Å². The van der Waals surface area contributed by atoms with Gasteiger partial charge in [-0.25, -0.2) is 4.79 Å². The predicted octanol–water partition coefficient (Wildman–Crippen LogP) is 4.56. The number of carbonyl (C=O) groups excluding carboxylic acids is 1. The topological polar surface area (TPSA) is 93.3 Å². The van der Waals surface area contributed by atoms with Gasteiger partial charge in [0.15, 0.2) is 0 Å². The summed E-state index contributed by atoms with van der Waals surface area (Å²) in [6.45, 7) is -0.165. The second-order valence-electron chi connectivity index (χ2n) is 11.7. The Morgan fingerprint density at radius 2 is 1.55 bits per heavy atom. The molecule has 7 nitrogen and oxygen atoms in total. The average molecular weight is 564 g/mol. The number of nitrogens with one attached hydrogen (secondary N) is 1. The number of aliphatic hydroxyl groups is 1. The minimum absolute atomic E-state index is 0.0537. The van der Waals surface area contributed by atoms with Gasteiger partial charge in [-0.15, -0.1) is 0 Å². The standard InChI is InChI=1S/C35H37N3O4/c1-37-32-28(26-14-8-9-15-27(26)31(32)34(41)38(2)35(37)42)20-22-16-18-25(19-17-22)30(24-12-6-7-13-24)33(40)36-29(21-39)23-10-4-3-5-11-23/h3-5,8-11,14-19,24,28-30,39H,6-7,12-13,20-21H2,1-2H3,(H,36,40)/t28?,29-,30?/m0/s1. The van der Waals surface area contributed by atoms with E-state index in [1.807, 2.05) is 54.6 Å². The molecule has 3 aromatic carbocycles. The highest BCUT2D eigenvalue weighted by molar-refractivity contribution is 5.84. The van der Waals surface area contributed by atoms with Gasteiger partial charge in [-0.1, -0.05) is 91.7 Å². The Balaban J connectivity index is 1.30. The van der Waals surface area contributed by atoms with Crippen LogP contribution in [0.2, 0.25) is 0 Å². The maximum absolute atomic E-state index is 13.8. The highest BCUT2D eigenvalue weighted by atomic mass is 16.3. The monoisotopic (exact) mass is 563 g/mol. The Labute approximate surface area is 245 Å². The quantitative estimate of drug-likeness (QED) is 0.329. The van der Waals surface area contributed by atoms with E-state index in [1.54, 1.807) is 11.6 Å². The van der Waals surface area contributed by atoms with Crippen LogP contribution in [0.25, 0.3) is 11.1 Å². The number of aliphatic hydroxyl groups excluding tert-OH is 1. The van der Waals surface area contributed by atoms with Crippen molar-refractivity contribution in [2.45, 2.75) is 50.0 Å². The molecule has 0 aliphatic heterocycles. The summed E-state index contributed by atoms with van der Waals surface area (Å²) < 4.78 is 2.79. The summed E-state index contributed by atoms with van der Waals surface area (Å²) in [5.41, 5.74) is 5.64. The Morgan fingerprint density at radius 3 is 2.24 bits per heavy atom. The van der Waals surface area contributed by atoms with Gasteiger partial charge in [0, 0.05) is 25.7 Å². The van der Waals surface area contributed by atoms with Crippen LogP contribution in [0.5, 0.6) is 0 Å². The van der Waals surface area contributed by atoms with Gasteiger partial charge in [-0.2, -0.15) is 0 Å². The molecule has 0 bridgehead atoms. The number of nitrogens with zero attached hydrogens (tertiary/aromatic N) is 2. The lowest BCUT2D eigenvalue weighted by molar-refractivity contribution is -0.124. The normalized spacial score (nSPS) is 17.5. The summed E-state index contributed by atoms with van der Waals surface area (Å²) in [5.74, 6) is -0.220. The molecule has 1 amide bonds. The van der Waals surface area contributed by atoms with Gasteiger partial charge in [-0.05, 0) is 53.0 Å². The molecule has 4 aromatic rings. The van der Waals surface area contributed by atoms with E-state index in [1.165, 1.54) is 11.6 Å². The molecule has 0 spiro atoms. The van der Waals surface area contributed by atoms with E-state index in [0.29, 0.717) is 12.0 Å². The van der Waals surface area contributed by atoms with Crippen LogP contribution in [0.15, 0.2) is 88.5 Å². The molecular formula is C35H37N3O4. The van der Waals surface area contributed by atoms with E-state index in [2.05, 4.69) is 29.6 Å². The summed E-state index contributed by atoms with van der Waals surface area (Å²) in [6, 6.07) is 25.3. The van der Waals surface area contributed by atoms with Crippen LogP contribution >= 0.6 is 0 Å². The number of hydrogen-bond donors (Lipinski definition) is 2. The van der Waals surface area contributed by atoms with Crippen LogP contribution in [0.4, 0.5) is 0 Å². The van der Waals surface area contributed by atoms with E-state index < -0.39 is 6.04 Å². The molecule has 6 rings (SSSR count). The van der Waals surface area contributed by atoms with E-state index in [-0.39, 0.29) is 41.5 Å². The lowest BCUT2D eigenvalue weighted by atomic mass is 9.83. The Morgan fingerprint density at radius 1 is 0.881 bits per heavy atom. The fourth-order valence-electron chi connectivity index (χ4n) is 7.11. The minimum Gasteiger partial charge on any atom is -0.394 e. The molecule has 3 atom stereocenters. The third-order valence-corrected chi connectivity index (χ3v) is 9.28. The molecule has 2 N–H and O–H groups in total. The van der Waals surface area contributed by atoms with E-state index in [0.717, 1.165) is 59.2 Å². The van der Waals surface area contributed by atoms with Crippen LogP contribution in [-0.2, 0) is 25.3 Å². The third kappa shape index (κ3) is 4.92. The number of hydrogen-bond acceptors (Lipinski definition) is 4. The van der Waals surface area contributed by atoms with Crippen LogP contribution in [0.1, 0.15) is 71.5 Å².